The Kier molecular flexibility index (Phi) is 3.14. The number of rotatable bonds is 3. The van der Waals surface area contributed by atoms with Crippen LogP contribution in [0.25, 0.3) is 11.1 Å². The maximum absolute atomic E-state index is 11.7. The van der Waals surface area contributed by atoms with Gasteiger partial charge in [0, 0.05) is 30.6 Å². The van der Waals surface area contributed by atoms with Gasteiger partial charge in [0.25, 0.3) is 0 Å². The molecule has 0 fully saturated rings. The molecule has 0 atom stereocenters. The average molecular weight is 268 g/mol. The third kappa shape index (κ3) is 2.13. The number of amides is 1. The first-order chi connectivity index (χ1) is 9.69. The minimum absolute atomic E-state index is 0.141. The summed E-state index contributed by atoms with van der Waals surface area (Å²) in [6.07, 6.45) is 2.29. The second-order valence-electron chi connectivity index (χ2n) is 4.79. The van der Waals surface area contributed by atoms with Crippen molar-refractivity contribution in [2.75, 3.05) is 18.6 Å². The Balaban J connectivity index is 1.93. The zero-order valence-corrected chi connectivity index (χ0v) is 11.6. The van der Waals surface area contributed by atoms with Gasteiger partial charge in [0.05, 0.1) is 13.0 Å². The molecule has 0 saturated heterocycles. The van der Waals surface area contributed by atoms with E-state index >= 15 is 0 Å². The summed E-state index contributed by atoms with van der Waals surface area (Å²) in [5.41, 5.74) is 4.14. The number of nitrogens with zero attached hydrogens (tertiary/aromatic N) is 2. The fraction of sp³-hybridized carbons (Fsp3) is 0.250. The molecular formula is C16H16N2O2. The lowest BCUT2D eigenvalue weighted by Gasteiger charge is -2.11. The highest BCUT2D eigenvalue weighted by atomic mass is 16.5. The highest BCUT2D eigenvalue weighted by molar-refractivity contribution is 6.01. The Hall–Kier alpha value is -2.36. The van der Waals surface area contributed by atoms with Gasteiger partial charge in [-0.3, -0.25) is 4.79 Å². The van der Waals surface area contributed by atoms with Gasteiger partial charge in [-0.15, -0.1) is 0 Å². The predicted molar refractivity (Wildman–Crippen MR) is 78.0 cm³/mol. The topological polar surface area (TPSA) is 42.4 Å². The van der Waals surface area contributed by atoms with E-state index in [9.17, 15) is 4.79 Å². The van der Waals surface area contributed by atoms with Crippen LogP contribution in [0.3, 0.4) is 0 Å². The standard InChI is InChI=1S/C16H16N2O2/c1-3-20-15-7-6-13(10-17-15)11-4-5-12-9-16(19)18(2)14(12)8-11/h4-8,10H,3,9H2,1-2H3. The molecule has 0 spiro atoms. The normalized spacial score (nSPS) is 13.5. The molecule has 1 aliphatic rings. The molecule has 1 aromatic carbocycles. The molecule has 4 heteroatoms. The third-order valence-electron chi connectivity index (χ3n) is 3.52. The Morgan fingerprint density at radius 2 is 2.05 bits per heavy atom. The molecule has 0 N–H and O–H groups in total. The maximum Gasteiger partial charge on any atom is 0.231 e. The van der Waals surface area contributed by atoms with E-state index in [1.807, 2.05) is 44.3 Å². The molecule has 20 heavy (non-hydrogen) atoms. The molecule has 0 radical (unpaired) electrons. The monoisotopic (exact) mass is 268 g/mol. The quantitative estimate of drug-likeness (QED) is 0.859. The summed E-state index contributed by atoms with van der Waals surface area (Å²) in [6.45, 7) is 2.54. The average Bonchev–Trinajstić information content (AvgIpc) is 2.75. The molecule has 0 saturated carbocycles. The lowest BCUT2D eigenvalue weighted by atomic mass is 10.0. The number of ether oxygens (including phenoxy) is 1. The highest BCUT2D eigenvalue weighted by Gasteiger charge is 2.23. The van der Waals surface area contributed by atoms with Crippen LogP contribution in [0.2, 0.25) is 0 Å². The van der Waals surface area contributed by atoms with Gasteiger partial charge >= 0.3 is 0 Å². The fourth-order valence-corrected chi connectivity index (χ4v) is 2.41. The van der Waals surface area contributed by atoms with Crippen LogP contribution in [-0.4, -0.2) is 24.5 Å². The summed E-state index contributed by atoms with van der Waals surface area (Å²) in [5, 5.41) is 0. The van der Waals surface area contributed by atoms with Gasteiger partial charge in [0.1, 0.15) is 0 Å². The molecule has 1 amide bonds. The molecule has 2 aromatic rings. The molecule has 1 aromatic heterocycles. The van der Waals surface area contributed by atoms with Crippen molar-refractivity contribution in [2.45, 2.75) is 13.3 Å². The fourth-order valence-electron chi connectivity index (χ4n) is 2.41. The predicted octanol–water partition coefficient (Wildman–Crippen LogP) is 2.67. The number of carbonyl (C=O) groups excluding carboxylic acids is 1. The lowest BCUT2D eigenvalue weighted by Crippen LogP contribution is -2.20. The number of benzene rings is 1. The molecule has 3 rings (SSSR count). The van der Waals surface area contributed by atoms with Crippen LogP contribution in [0, 0.1) is 0 Å². The van der Waals surface area contributed by atoms with Gasteiger partial charge in [-0.1, -0.05) is 12.1 Å². The van der Waals surface area contributed by atoms with E-state index in [0.717, 1.165) is 22.4 Å². The maximum atomic E-state index is 11.7. The molecule has 4 nitrogen and oxygen atoms in total. The second kappa shape index (κ2) is 4.96. The number of fused-ring (bicyclic) bond motifs is 1. The SMILES string of the molecule is CCOc1ccc(-c2ccc3c(c2)N(C)C(=O)C3)cn1. The zero-order valence-electron chi connectivity index (χ0n) is 11.6. The number of hydrogen-bond acceptors (Lipinski definition) is 3. The van der Waals surface area contributed by atoms with Crippen LogP contribution in [0.5, 0.6) is 5.88 Å². The largest absolute Gasteiger partial charge is 0.478 e. The summed E-state index contributed by atoms with van der Waals surface area (Å²) in [5.74, 6) is 0.770. The van der Waals surface area contributed by atoms with Crippen molar-refractivity contribution in [3.63, 3.8) is 0 Å². The van der Waals surface area contributed by atoms with Crippen molar-refractivity contribution in [2.24, 2.45) is 0 Å². The molecule has 0 aliphatic carbocycles. The van der Waals surface area contributed by atoms with Gasteiger partial charge in [-0.25, -0.2) is 4.98 Å². The van der Waals surface area contributed by atoms with Crippen LogP contribution in [0.1, 0.15) is 12.5 Å². The summed E-state index contributed by atoms with van der Waals surface area (Å²) in [6, 6.07) is 9.93. The van der Waals surface area contributed by atoms with E-state index in [1.54, 1.807) is 11.1 Å². The summed E-state index contributed by atoms with van der Waals surface area (Å²) >= 11 is 0. The Morgan fingerprint density at radius 3 is 2.75 bits per heavy atom. The number of pyridine rings is 1. The number of hydrogen-bond donors (Lipinski definition) is 0. The smallest absolute Gasteiger partial charge is 0.231 e. The summed E-state index contributed by atoms with van der Waals surface area (Å²) in [4.78, 5) is 17.7. The van der Waals surface area contributed by atoms with E-state index in [2.05, 4.69) is 4.98 Å². The Morgan fingerprint density at radius 1 is 1.25 bits per heavy atom. The van der Waals surface area contributed by atoms with E-state index < -0.39 is 0 Å². The van der Waals surface area contributed by atoms with Crippen molar-refractivity contribution < 1.29 is 9.53 Å². The number of anilines is 1. The third-order valence-corrected chi connectivity index (χ3v) is 3.52. The van der Waals surface area contributed by atoms with Crippen LogP contribution >= 0.6 is 0 Å². The van der Waals surface area contributed by atoms with Gasteiger partial charge in [0.15, 0.2) is 0 Å². The number of carbonyl (C=O) groups is 1. The van der Waals surface area contributed by atoms with Crippen molar-refractivity contribution in [3.05, 3.63) is 42.1 Å². The van der Waals surface area contributed by atoms with Crippen molar-refractivity contribution in [1.82, 2.24) is 4.98 Å². The first-order valence-electron chi connectivity index (χ1n) is 6.67. The van der Waals surface area contributed by atoms with Crippen LogP contribution in [0.4, 0.5) is 5.69 Å². The molecule has 1 aliphatic heterocycles. The van der Waals surface area contributed by atoms with Crippen molar-refractivity contribution in [1.29, 1.82) is 0 Å². The Labute approximate surface area is 118 Å². The van der Waals surface area contributed by atoms with Crippen LogP contribution in [0.15, 0.2) is 36.5 Å². The van der Waals surface area contributed by atoms with E-state index in [-0.39, 0.29) is 5.91 Å². The summed E-state index contributed by atoms with van der Waals surface area (Å²) in [7, 11) is 1.81. The lowest BCUT2D eigenvalue weighted by molar-refractivity contribution is -0.117. The van der Waals surface area contributed by atoms with E-state index in [1.165, 1.54) is 0 Å². The minimum atomic E-state index is 0.141. The molecule has 0 bridgehead atoms. The number of likely N-dealkylation sites (N-methyl/N-ethyl adjacent to an activating group) is 1. The Bertz CT molecular complexity index is 650. The van der Waals surface area contributed by atoms with Crippen molar-refractivity contribution >= 4 is 11.6 Å². The molecule has 0 unspecified atom stereocenters. The van der Waals surface area contributed by atoms with Gasteiger partial charge in [0.2, 0.25) is 11.8 Å². The first-order valence-corrected chi connectivity index (χ1v) is 6.67. The van der Waals surface area contributed by atoms with Crippen LogP contribution < -0.4 is 9.64 Å². The van der Waals surface area contributed by atoms with Crippen molar-refractivity contribution in [3.8, 4) is 17.0 Å². The van der Waals surface area contributed by atoms with Gasteiger partial charge in [-0.05, 0) is 30.2 Å². The molecule has 2 heterocycles. The van der Waals surface area contributed by atoms with Crippen LogP contribution in [-0.2, 0) is 11.2 Å². The van der Waals surface area contributed by atoms with Gasteiger partial charge < -0.3 is 9.64 Å². The van der Waals surface area contributed by atoms with E-state index in [4.69, 9.17) is 4.74 Å². The molecular weight excluding hydrogens is 252 g/mol. The second-order valence-corrected chi connectivity index (χ2v) is 4.79. The summed E-state index contributed by atoms with van der Waals surface area (Å²) < 4.78 is 5.34. The highest BCUT2D eigenvalue weighted by Crippen LogP contribution is 2.32. The molecule has 102 valence electrons. The van der Waals surface area contributed by atoms with Gasteiger partial charge in [-0.2, -0.15) is 0 Å². The first kappa shape index (κ1) is 12.7. The van der Waals surface area contributed by atoms with E-state index in [0.29, 0.717) is 18.9 Å². The zero-order chi connectivity index (χ0) is 14.1. The number of aromatic nitrogens is 1. The minimum Gasteiger partial charge on any atom is -0.478 e.